The molecule has 0 atom stereocenters. The lowest BCUT2D eigenvalue weighted by Crippen LogP contribution is -2.50. The molecule has 1 saturated heterocycles. The van der Waals surface area contributed by atoms with Gasteiger partial charge in [-0.05, 0) is 41.5 Å². The Bertz CT molecular complexity index is 570. The summed E-state index contributed by atoms with van der Waals surface area (Å²) in [6.07, 6.45) is -0.242. The molecule has 31 heavy (non-hydrogen) atoms. The lowest BCUT2D eigenvalue weighted by molar-refractivity contribution is -0.131. The van der Waals surface area contributed by atoms with E-state index in [1.54, 1.807) is 4.90 Å². The highest BCUT2D eigenvalue weighted by atomic mass is 127. The van der Waals surface area contributed by atoms with Crippen LogP contribution < -0.4 is 5.32 Å². The highest BCUT2D eigenvalue weighted by Crippen LogP contribution is 2.11. The van der Waals surface area contributed by atoms with Crippen molar-refractivity contribution in [2.75, 3.05) is 72.5 Å². The SMILES string of the molecule is CCNC(=NCCN1CCN(C(=O)OC(C)(C)C)CC1)N(C)CC(=O)N(CC)CC.I. The molecular weight excluding hydrogens is 511 g/mol. The number of amides is 2. The van der Waals surface area contributed by atoms with Gasteiger partial charge >= 0.3 is 6.09 Å². The van der Waals surface area contributed by atoms with E-state index in [2.05, 4.69) is 15.2 Å². The average molecular weight is 555 g/mol. The Balaban J connectivity index is 0.00000900. The van der Waals surface area contributed by atoms with Crippen molar-refractivity contribution in [3.05, 3.63) is 0 Å². The van der Waals surface area contributed by atoms with Crippen LogP contribution in [0, 0.1) is 0 Å². The highest BCUT2D eigenvalue weighted by Gasteiger charge is 2.25. The molecule has 0 saturated carbocycles. The summed E-state index contributed by atoms with van der Waals surface area (Å²) in [7, 11) is 1.89. The third-order valence-electron chi connectivity index (χ3n) is 4.89. The Morgan fingerprint density at radius 1 is 1.06 bits per heavy atom. The molecule has 10 heteroatoms. The van der Waals surface area contributed by atoms with Crippen molar-refractivity contribution >= 4 is 41.9 Å². The van der Waals surface area contributed by atoms with Crippen molar-refractivity contribution in [3.63, 3.8) is 0 Å². The van der Waals surface area contributed by atoms with Crippen LogP contribution in [0.3, 0.4) is 0 Å². The zero-order valence-electron chi connectivity index (χ0n) is 20.4. The number of nitrogens with zero attached hydrogens (tertiary/aromatic N) is 5. The number of ether oxygens (including phenoxy) is 1. The number of aliphatic imine (C=N–C) groups is 1. The molecule has 0 bridgehead atoms. The lowest BCUT2D eigenvalue weighted by atomic mass is 10.2. The van der Waals surface area contributed by atoms with Crippen LogP contribution in [0.15, 0.2) is 4.99 Å². The van der Waals surface area contributed by atoms with Gasteiger partial charge in [-0.3, -0.25) is 14.7 Å². The average Bonchev–Trinajstić information content (AvgIpc) is 2.67. The van der Waals surface area contributed by atoms with Gasteiger partial charge in [-0.2, -0.15) is 0 Å². The van der Waals surface area contributed by atoms with Gasteiger partial charge in [-0.1, -0.05) is 0 Å². The van der Waals surface area contributed by atoms with Gasteiger partial charge in [0.25, 0.3) is 0 Å². The summed E-state index contributed by atoms with van der Waals surface area (Å²) in [5.74, 6) is 0.844. The van der Waals surface area contributed by atoms with E-state index in [-0.39, 0.29) is 36.0 Å². The van der Waals surface area contributed by atoms with E-state index in [1.807, 2.05) is 58.4 Å². The predicted octanol–water partition coefficient (Wildman–Crippen LogP) is 1.92. The van der Waals surface area contributed by atoms with Gasteiger partial charge in [0.15, 0.2) is 5.96 Å². The van der Waals surface area contributed by atoms with Crippen LogP contribution in [0.4, 0.5) is 4.79 Å². The molecule has 0 radical (unpaired) electrons. The van der Waals surface area contributed by atoms with Gasteiger partial charge in [0.05, 0.1) is 13.1 Å². The summed E-state index contributed by atoms with van der Waals surface area (Å²) >= 11 is 0. The first-order valence-electron chi connectivity index (χ1n) is 11.1. The third kappa shape index (κ3) is 11.2. The second-order valence-electron chi connectivity index (χ2n) is 8.47. The molecule has 2 amide bonds. The van der Waals surface area contributed by atoms with Gasteiger partial charge in [0.2, 0.25) is 5.91 Å². The van der Waals surface area contributed by atoms with E-state index in [0.717, 1.165) is 32.1 Å². The van der Waals surface area contributed by atoms with Crippen LogP contribution in [0.25, 0.3) is 0 Å². The van der Waals surface area contributed by atoms with E-state index in [9.17, 15) is 9.59 Å². The Morgan fingerprint density at radius 2 is 1.65 bits per heavy atom. The molecule has 9 nitrogen and oxygen atoms in total. The zero-order chi connectivity index (χ0) is 22.7. The summed E-state index contributed by atoms with van der Waals surface area (Å²) in [6, 6.07) is 0. The Morgan fingerprint density at radius 3 is 2.13 bits per heavy atom. The van der Waals surface area contributed by atoms with E-state index in [4.69, 9.17) is 4.74 Å². The number of hydrogen-bond donors (Lipinski definition) is 1. The molecular formula is C21H43IN6O3. The number of nitrogens with one attached hydrogen (secondary N) is 1. The number of carbonyl (C=O) groups is 2. The predicted molar refractivity (Wildman–Crippen MR) is 136 cm³/mol. The van der Waals surface area contributed by atoms with Crippen LogP contribution in [0.1, 0.15) is 41.5 Å². The number of rotatable bonds is 8. The fourth-order valence-electron chi connectivity index (χ4n) is 3.20. The van der Waals surface area contributed by atoms with E-state index in [0.29, 0.717) is 39.3 Å². The van der Waals surface area contributed by atoms with Gasteiger partial charge in [-0.15, -0.1) is 24.0 Å². The summed E-state index contributed by atoms with van der Waals surface area (Å²) in [5.41, 5.74) is -0.468. The monoisotopic (exact) mass is 554 g/mol. The molecule has 0 aromatic rings. The fraction of sp³-hybridized carbons (Fsp3) is 0.857. The number of guanidine groups is 1. The molecule has 0 aromatic heterocycles. The maximum absolute atomic E-state index is 12.4. The van der Waals surface area contributed by atoms with Crippen molar-refractivity contribution in [3.8, 4) is 0 Å². The first kappa shape index (κ1) is 29.7. The van der Waals surface area contributed by atoms with Crippen molar-refractivity contribution in [2.24, 2.45) is 4.99 Å². The Hall–Kier alpha value is -1.30. The van der Waals surface area contributed by atoms with E-state index >= 15 is 0 Å². The Kier molecular flexibility index (Phi) is 14.1. The van der Waals surface area contributed by atoms with Gasteiger partial charge in [-0.25, -0.2) is 4.79 Å². The van der Waals surface area contributed by atoms with Crippen LogP contribution in [0.2, 0.25) is 0 Å². The summed E-state index contributed by atoms with van der Waals surface area (Å²) in [6.45, 7) is 18.5. The minimum Gasteiger partial charge on any atom is -0.444 e. The quantitative estimate of drug-likeness (QED) is 0.281. The minimum atomic E-state index is -0.468. The van der Waals surface area contributed by atoms with Crippen molar-refractivity contribution in [1.29, 1.82) is 0 Å². The summed E-state index contributed by atoms with van der Waals surface area (Å²) in [4.78, 5) is 37.0. The van der Waals surface area contributed by atoms with Crippen LogP contribution >= 0.6 is 24.0 Å². The summed E-state index contributed by atoms with van der Waals surface area (Å²) < 4.78 is 5.44. The molecule has 0 aliphatic carbocycles. The lowest BCUT2D eigenvalue weighted by Gasteiger charge is -2.35. The number of likely N-dealkylation sites (N-methyl/N-ethyl adjacent to an activating group) is 2. The van der Waals surface area contributed by atoms with Gasteiger partial charge in [0.1, 0.15) is 5.60 Å². The molecule has 1 N–H and O–H groups in total. The molecule has 1 rings (SSSR count). The second kappa shape index (κ2) is 14.7. The van der Waals surface area contributed by atoms with Crippen molar-refractivity contribution in [2.45, 2.75) is 47.1 Å². The standard InChI is InChI=1S/C21H42N6O3.HI/c1-8-22-19(24(7)17-18(28)26(9-2)10-3)23-11-12-25-13-15-27(16-14-25)20(29)30-21(4,5)6;/h8-17H2,1-7H3,(H,22,23);1H. The van der Waals surface area contributed by atoms with E-state index in [1.165, 1.54) is 0 Å². The van der Waals surface area contributed by atoms with Crippen molar-refractivity contribution < 1.29 is 14.3 Å². The fourth-order valence-corrected chi connectivity index (χ4v) is 3.20. The van der Waals surface area contributed by atoms with Gasteiger partial charge in [0, 0.05) is 59.4 Å². The molecule has 1 aliphatic rings. The number of halogens is 1. The van der Waals surface area contributed by atoms with Crippen LogP contribution in [0.5, 0.6) is 0 Å². The van der Waals surface area contributed by atoms with Crippen LogP contribution in [-0.2, 0) is 9.53 Å². The molecule has 0 aromatic carbocycles. The molecule has 0 unspecified atom stereocenters. The topological polar surface area (TPSA) is 80.7 Å². The largest absolute Gasteiger partial charge is 0.444 e. The molecule has 1 heterocycles. The zero-order valence-corrected chi connectivity index (χ0v) is 22.8. The molecule has 0 spiro atoms. The Labute approximate surface area is 205 Å². The molecule has 1 aliphatic heterocycles. The first-order chi connectivity index (χ1) is 14.1. The second-order valence-corrected chi connectivity index (χ2v) is 8.47. The number of piperazine rings is 1. The minimum absolute atomic E-state index is 0. The first-order valence-corrected chi connectivity index (χ1v) is 11.1. The number of hydrogen-bond acceptors (Lipinski definition) is 5. The maximum Gasteiger partial charge on any atom is 0.410 e. The molecule has 182 valence electrons. The summed E-state index contributed by atoms with van der Waals surface area (Å²) in [5, 5.41) is 3.26. The smallest absolute Gasteiger partial charge is 0.410 e. The molecule has 1 fully saturated rings. The number of carbonyl (C=O) groups excluding carboxylic acids is 2. The van der Waals surface area contributed by atoms with Crippen molar-refractivity contribution in [1.82, 2.24) is 24.9 Å². The van der Waals surface area contributed by atoms with Crippen LogP contribution in [-0.4, -0.2) is 116 Å². The third-order valence-corrected chi connectivity index (χ3v) is 4.89. The van der Waals surface area contributed by atoms with Gasteiger partial charge < -0.3 is 24.8 Å². The maximum atomic E-state index is 12.4. The normalized spacial score (nSPS) is 15.2. The highest BCUT2D eigenvalue weighted by molar-refractivity contribution is 14.0. The van der Waals surface area contributed by atoms with E-state index < -0.39 is 5.60 Å².